The second kappa shape index (κ2) is 10.4. The van der Waals surface area contributed by atoms with Gasteiger partial charge in [0.2, 0.25) is 5.91 Å². The lowest BCUT2D eigenvalue weighted by Crippen LogP contribution is -2.50. The lowest BCUT2D eigenvalue weighted by molar-refractivity contribution is -0.127. The largest absolute Gasteiger partial charge is 0.389 e. The van der Waals surface area contributed by atoms with E-state index in [-0.39, 0.29) is 30.3 Å². The Labute approximate surface area is 196 Å². The number of carbonyl (C=O) groups is 2. The molecule has 0 radical (unpaired) electrons. The highest BCUT2D eigenvalue weighted by Crippen LogP contribution is 2.27. The molecule has 1 aliphatic carbocycles. The summed E-state index contributed by atoms with van der Waals surface area (Å²) in [5.74, 6) is -0.476. The molecule has 1 aliphatic rings. The van der Waals surface area contributed by atoms with Crippen molar-refractivity contribution in [3.05, 3.63) is 36.0 Å². The third kappa shape index (κ3) is 6.35. The molecule has 1 aromatic carbocycles. The van der Waals surface area contributed by atoms with Crippen molar-refractivity contribution >= 4 is 22.7 Å². The van der Waals surface area contributed by atoms with Crippen LogP contribution < -0.4 is 10.6 Å². The smallest absolute Gasteiger partial charge is 0.268 e. The minimum Gasteiger partial charge on any atom is -0.389 e. The minimum absolute atomic E-state index is 0.163. The number of hydrogen-bond acceptors (Lipinski definition) is 4. The van der Waals surface area contributed by atoms with Crippen LogP contribution in [0.5, 0.6) is 0 Å². The fraction of sp³-hybridized carbons (Fsp3) is 0.577. The molecule has 7 heteroatoms. The second-order valence-electron chi connectivity index (χ2n) is 10.3. The number of hydrogen-bond donors (Lipinski definition) is 3. The molecule has 3 rings (SSSR count). The first-order valence-electron chi connectivity index (χ1n) is 11.9. The quantitative estimate of drug-likeness (QED) is 0.567. The van der Waals surface area contributed by atoms with Gasteiger partial charge < -0.3 is 20.3 Å². The number of nitriles is 1. The Bertz CT molecular complexity index is 1030. The normalized spacial score (nSPS) is 19.8. The summed E-state index contributed by atoms with van der Waals surface area (Å²) in [5.41, 5.74) is 0.360. The summed E-state index contributed by atoms with van der Waals surface area (Å²) in [6.07, 6.45) is 3.86. The van der Waals surface area contributed by atoms with Crippen LogP contribution in [0.25, 0.3) is 10.9 Å². The van der Waals surface area contributed by atoms with E-state index in [0.717, 1.165) is 30.2 Å². The molecule has 2 aromatic rings. The molecule has 2 amide bonds. The van der Waals surface area contributed by atoms with Crippen LogP contribution in [0, 0.1) is 23.2 Å². The zero-order valence-corrected chi connectivity index (χ0v) is 20.1. The molecule has 33 heavy (non-hydrogen) atoms. The Morgan fingerprint density at radius 3 is 2.61 bits per heavy atom. The van der Waals surface area contributed by atoms with Gasteiger partial charge in [0, 0.05) is 16.9 Å². The molecule has 7 nitrogen and oxygen atoms in total. The van der Waals surface area contributed by atoms with Crippen LogP contribution >= 0.6 is 0 Å². The lowest BCUT2D eigenvalue weighted by atomic mass is 9.83. The Kier molecular flexibility index (Phi) is 7.80. The predicted molar refractivity (Wildman–Crippen MR) is 128 cm³/mol. The number of amides is 2. The van der Waals surface area contributed by atoms with E-state index in [9.17, 15) is 20.0 Å². The van der Waals surface area contributed by atoms with Gasteiger partial charge in [0.15, 0.2) is 0 Å². The first-order chi connectivity index (χ1) is 15.6. The molecule has 0 bridgehead atoms. The van der Waals surface area contributed by atoms with Gasteiger partial charge in [-0.1, -0.05) is 44.9 Å². The van der Waals surface area contributed by atoms with Gasteiger partial charge in [-0.25, -0.2) is 0 Å². The Balaban J connectivity index is 1.81. The van der Waals surface area contributed by atoms with Crippen LogP contribution in [0.1, 0.15) is 70.3 Å². The van der Waals surface area contributed by atoms with Crippen molar-refractivity contribution in [2.75, 3.05) is 0 Å². The number of rotatable bonds is 8. The lowest BCUT2D eigenvalue weighted by Gasteiger charge is -2.32. The molecule has 1 saturated carbocycles. The number of fused-ring (bicyclic) bond motifs is 1. The molecule has 0 spiro atoms. The van der Waals surface area contributed by atoms with E-state index in [0.29, 0.717) is 24.5 Å². The maximum absolute atomic E-state index is 13.4. The van der Waals surface area contributed by atoms with Crippen LogP contribution in [-0.2, 0) is 11.3 Å². The van der Waals surface area contributed by atoms with E-state index < -0.39 is 11.6 Å². The highest BCUT2D eigenvalue weighted by Gasteiger charge is 2.34. The molecule has 3 N–H and O–H groups in total. The highest BCUT2D eigenvalue weighted by molar-refractivity contribution is 5.99. The molecular formula is C26H36N4O3. The fourth-order valence-corrected chi connectivity index (χ4v) is 4.71. The average Bonchev–Trinajstić information content (AvgIpc) is 3.10. The third-order valence-electron chi connectivity index (χ3n) is 6.19. The number of carbonyl (C=O) groups excluding carboxylic acids is 2. The van der Waals surface area contributed by atoms with E-state index in [1.807, 2.05) is 48.7 Å². The summed E-state index contributed by atoms with van der Waals surface area (Å²) in [5, 5.41) is 26.8. The van der Waals surface area contributed by atoms with Crippen LogP contribution in [0.3, 0.4) is 0 Å². The van der Waals surface area contributed by atoms with Crippen molar-refractivity contribution in [3.63, 3.8) is 0 Å². The number of nitrogens with one attached hydrogen (secondary N) is 2. The zero-order valence-electron chi connectivity index (χ0n) is 20.1. The first kappa shape index (κ1) is 24.8. The van der Waals surface area contributed by atoms with Gasteiger partial charge in [0.05, 0.1) is 24.1 Å². The van der Waals surface area contributed by atoms with E-state index in [2.05, 4.69) is 16.7 Å². The summed E-state index contributed by atoms with van der Waals surface area (Å²) in [4.78, 5) is 26.4. The predicted octanol–water partition coefficient (Wildman–Crippen LogP) is 3.76. The molecule has 178 valence electrons. The number of nitrogens with zero attached hydrogens (tertiary/aromatic N) is 2. The summed E-state index contributed by atoms with van der Waals surface area (Å²) < 4.78 is 1.84. The standard InChI is InChI=1S/C26H36N4O3/c1-17(2)13-19(15-27)28-24(31)20-10-6-7-11-21(20)29-25(32)23-14-18-9-5-8-12-22(18)30(23)16-26(3,4)33/h5,8-9,12,14,17,19-21,33H,6-7,10-11,13,16H2,1-4H3,(H,28,31)(H,29,32). The molecule has 3 unspecified atom stereocenters. The van der Waals surface area contributed by atoms with Crippen LogP contribution in [0.15, 0.2) is 30.3 Å². The highest BCUT2D eigenvalue weighted by atomic mass is 16.3. The van der Waals surface area contributed by atoms with Gasteiger partial charge in [-0.05, 0) is 51.2 Å². The molecule has 3 atom stereocenters. The van der Waals surface area contributed by atoms with E-state index in [1.165, 1.54) is 0 Å². The fourth-order valence-electron chi connectivity index (χ4n) is 4.71. The molecular weight excluding hydrogens is 416 g/mol. The first-order valence-corrected chi connectivity index (χ1v) is 11.9. The van der Waals surface area contributed by atoms with Crippen molar-refractivity contribution < 1.29 is 14.7 Å². The third-order valence-corrected chi connectivity index (χ3v) is 6.19. The maximum atomic E-state index is 13.4. The Morgan fingerprint density at radius 2 is 1.94 bits per heavy atom. The van der Waals surface area contributed by atoms with Crippen molar-refractivity contribution in [1.29, 1.82) is 5.26 Å². The van der Waals surface area contributed by atoms with Gasteiger partial charge in [-0.2, -0.15) is 5.26 Å². The van der Waals surface area contributed by atoms with Gasteiger partial charge in [-0.15, -0.1) is 0 Å². The molecule has 1 fully saturated rings. The van der Waals surface area contributed by atoms with Crippen molar-refractivity contribution in [3.8, 4) is 6.07 Å². The summed E-state index contributed by atoms with van der Waals surface area (Å²) in [7, 11) is 0. The number of benzene rings is 1. The van der Waals surface area contributed by atoms with Crippen LogP contribution in [-0.4, -0.2) is 39.2 Å². The summed E-state index contributed by atoms with van der Waals surface area (Å²) in [6, 6.07) is 10.9. The summed E-state index contributed by atoms with van der Waals surface area (Å²) in [6.45, 7) is 7.75. The van der Waals surface area contributed by atoms with E-state index in [1.54, 1.807) is 13.8 Å². The van der Waals surface area contributed by atoms with Crippen LogP contribution in [0.4, 0.5) is 0 Å². The maximum Gasteiger partial charge on any atom is 0.268 e. The van der Waals surface area contributed by atoms with Crippen molar-refractivity contribution in [2.45, 2.75) is 84.0 Å². The molecule has 1 aromatic heterocycles. The molecule has 0 saturated heterocycles. The van der Waals surface area contributed by atoms with E-state index in [4.69, 9.17) is 0 Å². The average molecular weight is 453 g/mol. The summed E-state index contributed by atoms with van der Waals surface area (Å²) >= 11 is 0. The van der Waals surface area contributed by atoms with Gasteiger partial charge in [-0.3, -0.25) is 9.59 Å². The van der Waals surface area contributed by atoms with Crippen molar-refractivity contribution in [2.24, 2.45) is 11.8 Å². The zero-order chi connectivity index (χ0) is 24.2. The van der Waals surface area contributed by atoms with E-state index >= 15 is 0 Å². The van der Waals surface area contributed by atoms with Crippen molar-refractivity contribution in [1.82, 2.24) is 15.2 Å². The topological polar surface area (TPSA) is 107 Å². The minimum atomic E-state index is -0.993. The number of para-hydroxylation sites is 1. The Morgan fingerprint density at radius 1 is 1.24 bits per heavy atom. The number of aliphatic hydroxyl groups is 1. The monoisotopic (exact) mass is 452 g/mol. The van der Waals surface area contributed by atoms with Gasteiger partial charge in [0.25, 0.3) is 5.91 Å². The van der Waals surface area contributed by atoms with Gasteiger partial charge in [0.1, 0.15) is 11.7 Å². The second-order valence-corrected chi connectivity index (χ2v) is 10.3. The van der Waals surface area contributed by atoms with Crippen LogP contribution in [0.2, 0.25) is 0 Å². The van der Waals surface area contributed by atoms with Gasteiger partial charge >= 0.3 is 0 Å². The Hall–Kier alpha value is -2.85. The molecule has 0 aliphatic heterocycles. The number of aromatic nitrogens is 1. The SMILES string of the molecule is CC(C)CC(C#N)NC(=O)C1CCCCC1NC(=O)c1cc2ccccc2n1CC(C)(C)O. The molecule has 1 heterocycles.